The minimum atomic E-state index is -0.988. The fraction of sp³-hybridized carbons (Fsp3) is 0.182. The molecule has 0 spiro atoms. The van der Waals surface area contributed by atoms with Crippen molar-refractivity contribution in [1.82, 2.24) is 0 Å². The second-order valence-electron chi connectivity index (χ2n) is 3.11. The van der Waals surface area contributed by atoms with Crippen molar-refractivity contribution in [2.24, 2.45) is 0 Å². The van der Waals surface area contributed by atoms with Crippen LogP contribution in [-0.2, 0) is 4.79 Å². The molecule has 4 heteroatoms. The molecule has 1 heterocycles. The Morgan fingerprint density at radius 2 is 2.13 bits per heavy atom. The molecule has 1 aromatic rings. The molecule has 0 amide bonds. The van der Waals surface area contributed by atoms with Gasteiger partial charge in [-0.05, 0) is 18.2 Å². The molecule has 0 saturated heterocycles. The number of ether oxygens (including phenoxy) is 2. The molecule has 0 bridgehead atoms. The van der Waals surface area contributed by atoms with Crippen molar-refractivity contribution in [3.8, 4) is 11.5 Å². The van der Waals surface area contributed by atoms with Crippen molar-refractivity contribution in [3.63, 3.8) is 0 Å². The number of fused-ring (bicyclic) bond motifs is 1. The van der Waals surface area contributed by atoms with Crippen molar-refractivity contribution >= 4 is 5.97 Å². The summed E-state index contributed by atoms with van der Waals surface area (Å²) in [6, 6.07) is 7.30. The third-order valence-electron chi connectivity index (χ3n) is 1.98. The quantitative estimate of drug-likeness (QED) is 0.744. The van der Waals surface area contributed by atoms with Crippen LogP contribution in [0.1, 0.15) is 0 Å². The minimum Gasteiger partial charge on any atom is -0.485 e. The Balaban J connectivity index is 2.09. The zero-order chi connectivity index (χ0) is 10.7. The average molecular weight is 206 g/mol. The molecule has 1 unspecified atom stereocenters. The molecule has 0 saturated carbocycles. The molecule has 0 fully saturated rings. The predicted molar refractivity (Wildman–Crippen MR) is 53.1 cm³/mol. The van der Waals surface area contributed by atoms with Crippen LogP contribution < -0.4 is 9.47 Å². The molecule has 4 nitrogen and oxygen atoms in total. The second-order valence-corrected chi connectivity index (χ2v) is 3.11. The van der Waals surface area contributed by atoms with E-state index in [0.29, 0.717) is 18.1 Å². The number of hydrogen-bond acceptors (Lipinski definition) is 3. The highest BCUT2D eigenvalue weighted by Gasteiger charge is 2.17. The van der Waals surface area contributed by atoms with Crippen molar-refractivity contribution in [2.75, 3.05) is 6.61 Å². The van der Waals surface area contributed by atoms with E-state index in [2.05, 4.69) is 0 Å². The molecule has 1 aromatic carbocycles. The van der Waals surface area contributed by atoms with Crippen LogP contribution in [-0.4, -0.2) is 23.8 Å². The Bertz CT molecular complexity index is 397. The van der Waals surface area contributed by atoms with Gasteiger partial charge in [-0.3, -0.25) is 0 Å². The second kappa shape index (κ2) is 4.04. The van der Waals surface area contributed by atoms with Crippen LogP contribution >= 0.6 is 0 Å². The standard InChI is InChI=1S/C11H10O4/c12-11(13)6-5-8-7-14-9-3-1-2-4-10(9)15-8/h1-6,8H,7H2,(H,12,13). The first-order valence-electron chi connectivity index (χ1n) is 4.55. The number of aliphatic carboxylic acids is 1. The van der Waals surface area contributed by atoms with Gasteiger partial charge in [-0.15, -0.1) is 0 Å². The number of rotatable bonds is 2. The maximum absolute atomic E-state index is 10.3. The van der Waals surface area contributed by atoms with Gasteiger partial charge in [0.25, 0.3) is 0 Å². The van der Waals surface area contributed by atoms with Gasteiger partial charge < -0.3 is 14.6 Å². The van der Waals surface area contributed by atoms with Gasteiger partial charge in [0.15, 0.2) is 17.6 Å². The number of para-hydroxylation sites is 2. The van der Waals surface area contributed by atoms with Crippen LogP contribution in [0.3, 0.4) is 0 Å². The lowest BCUT2D eigenvalue weighted by Crippen LogP contribution is -2.27. The molecule has 78 valence electrons. The molecule has 1 atom stereocenters. The first kappa shape index (κ1) is 9.58. The van der Waals surface area contributed by atoms with Gasteiger partial charge >= 0.3 is 5.97 Å². The topological polar surface area (TPSA) is 55.8 Å². The predicted octanol–water partition coefficient (Wildman–Crippen LogP) is 1.47. The van der Waals surface area contributed by atoms with E-state index >= 15 is 0 Å². The highest BCUT2D eigenvalue weighted by atomic mass is 16.6. The van der Waals surface area contributed by atoms with Crippen molar-refractivity contribution in [3.05, 3.63) is 36.4 Å². The minimum absolute atomic E-state index is 0.334. The van der Waals surface area contributed by atoms with Crippen LogP contribution in [0.2, 0.25) is 0 Å². The molecule has 0 aliphatic carbocycles. The summed E-state index contributed by atoms with van der Waals surface area (Å²) in [5.74, 6) is 0.346. The fourth-order valence-electron chi connectivity index (χ4n) is 1.32. The smallest absolute Gasteiger partial charge is 0.328 e. The molecule has 1 aliphatic rings. The van der Waals surface area contributed by atoms with Crippen LogP contribution in [0.25, 0.3) is 0 Å². The summed E-state index contributed by atoms with van der Waals surface area (Å²) >= 11 is 0. The maximum atomic E-state index is 10.3. The monoisotopic (exact) mass is 206 g/mol. The van der Waals surface area contributed by atoms with E-state index in [1.807, 2.05) is 18.2 Å². The summed E-state index contributed by atoms with van der Waals surface area (Å²) in [6.45, 7) is 0.334. The Kier molecular flexibility index (Phi) is 2.58. The molecular weight excluding hydrogens is 196 g/mol. The first-order valence-corrected chi connectivity index (χ1v) is 4.55. The number of hydrogen-bond donors (Lipinski definition) is 1. The summed E-state index contributed by atoms with van der Waals surface area (Å²) in [6.07, 6.45) is 2.19. The van der Waals surface area contributed by atoms with E-state index in [1.165, 1.54) is 6.08 Å². The summed E-state index contributed by atoms with van der Waals surface area (Å²) in [7, 11) is 0. The van der Waals surface area contributed by atoms with E-state index in [9.17, 15) is 4.79 Å². The Labute approximate surface area is 86.7 Å². The molecular formula is C11H10O4. The number of carboxylic acids is 1. The molecule has 15 heavy (non-hydrogen) atoms. The molecule has 0 radical (unpaired) electrons. The lowest BCUT2D eigenvalue weighted by atomic mass is 10.2. The normalized spacial score (nSPS) is 19.1. The van der Waals surface area contributed by atoms with Crippen LogP contribution in [0.4, 0.5) is 0 Å². The maximum Gasteiger partial charge on any atom is 0.328 e. The van der Waals surface area contributed by atoms with Crippen LogP contribution in [0.15, 0.2) is 36.4 Å². The summed E-state index contributed by atoms with van der Waals surface area (Å²) < 4.78 is 10.9. The van der Waals surface area contributed by atoms with E-state index in [4.69, 9.17) is 14.6 Å². The highest BCUT2D eigenvalue weighted by Crippen LogP contribution is 2.30. The Morgan fingerprint density at radius 1 is 1.40 bits per heavy atom. The van der Waals surface area contributed by atoms with E-state index in [0.717, 1.165) is 6.08 Å². The number of benzene rings is 1. The zero-order valence-electron chi connectivity index (χ0n) is 7.92. The Morgan fingerprint density at radius 3 is 2.87 bits per heavy atom. The fourth-order valence-corrected chi connectivity index (χ4v) is 1.32. The van der Waals surface area contributed by atoms with Crippen molar-refractivity contribution < 1.29 is 19.4 Å². The van der Waals surface area contributed by atoms with Crippen LogP contribution in [0.5, 0.6) is 11.5 Å². The molecule has 2 rings (SSSR count). The zero-order valence-corrected chi connectivity index (χ0v) is 7.92. The van der Waals surface area contributed by atoms with Gasteiger partial charge in [0, 0.05) is 6.08 Å². The van der Waals surface area contributed by atoms with Gasteiger partial charge in [0.2, 0.25) is 0 Å². The van der Waals surface area contributed by atoms with Crippen LogP contribution in [0, 0.1) is 0 Å². The number of carbonyl (C=O) groups is 1. The summed E-state index contributed by atoms with van der Waals surface area (Å²) in [5, 5.41) is 8.46. The molecule has 1 N–H and O–H groups in total. The summed E-state index contributed by atoms with van der Waals surface area (Å²) in [5.41, 5.74) is 0. The Hall–Kier alpha value is -1.97. The first-order chi connectivity index (χ1) is 7.25. The van der Waals surface area contributed by atoms with E-state index in [-0.39, 0.29) is 6.10 Å². The van der Waals surface area contributed by atoms with Crippen molar-refractivity contribution in [2.45, 2.75) is 6.10 Å². The average Bonchev–Trinajstić information content (AvgIpc) is 2.26. The van der Waals surface area contributed by atoms with Crippen molar-refractivity contribution in [1.29, 1.82) is 0 Å². The van der Waals surface area contributed by atoms with E-state index in [1.54, 1.807) is 6.07 Å². The van der Waals surface area contributed by atoms with Gasteiger partial charge in [0.05, 0.1) is 0 Å². The lowest BCUT2D eigenvalue weighted by Gasteiger charge is -2.24. The SMILES string of the molecule is O=C(O)C=CC1COc2ccccc2O1. The molecule has 1 aliphatic heterocycles. The summed E-state index contributed by atoms with van der Waals surface area (Å²) in [4.78, 5) is 10.3. The highest BCUT2D eigenvalue weighted by molar-refractivity contribution is 5.79. The number of carboxylic acid groups (broad SMARTS) is 1. The third kappa shape index (κ3) is 2.28. The molecule has 0 aromatic heterocycles. The van der Waals surface area contributed by atoms with Gasteiger partial charge in [-0.2, -0.15) is 0 Å². The van der Waals surface area contributed by atoms with Gasteiger partial charge in [-0.1, -0.05) is 12.1 Å². The largest absolute Gasteiger partial charge is 0.485 e. The van der Waals surface area contributed by atoms with Gasteiger partial charge in [-0.25, -0.2) is 4.79 Å². The van der Waals surface area contributed by atoms with E-state index < -0.39 is 5.97 Å². The third-order valence-corrected chi connectivity index (χ3v) is 1.98. The lowest BCUT2D eigenvalue weighted by molar-refractivity contribution is -0.131. The van der Waals surface area contributed by atoms with Gasteiger partial charge in [0.1, 0.15) is 6.61 Å².